The van der Waals surface area contributed by atoms with E-state index in [-0.39, 0.29) is 41.4 Å². The molecule has 0 aliphatic carbocycles. The van der Waals surface area contributed by atoms with Crippen molar-refractivity contribution in [1.29, 1.82) is 0 Å². The lowest BCUT2D eigenvalue weighted by atomic mass is 10.2. The van der Waals surface area contributed by atoms with Crippen LogP contribution < -0.4 is 16.4 Å². The normalized spacial score (nSPS) is 12.2. The summed E-state index contributed by atoms with van der Waals surface area (Å²) in [4.78, 5) is 23.9. The van der Waals surface area contributed by atoms with Crippen LogP contribution >= 0.6 is 12.4 Å². The van der Waals surface area contributed by atoms with Gasteiger partial charge in [-0.3, -0.25) is 9.59 Å². The van der Waals surface area contributed by atoms with E-state index in [0.29, 0.717) is 26.1 Å². The topological polar surface area (TPSA) is 122 Å². The van der Waals surface area contributed by atoms with E-state index in [1.807, 2.05) is 6.92 Å². The molecule has 0 aromatic heterocycles. The van der Waals surface area contributed by atoms with Gasteiger partial charge in [-0.25, -0.2) is 8.42 Å². The van der Waals surface area contributed by atoms with E-state index in [1.54, 1.807) is 13.8 Å². The maximum absolute atomic E-state index is 12.5. The first-order valence-electron chi connectivity index (χ1n) is 8.63. The predicted octanol–water partition coefficient (Wildman–Crippen LogP) is 0.722. The molecule has 1 rings (SSSR count). The Balaban J connectivity index is 0.00000676. The monoisotopic (exact) mass is 420 g/mol. The van der Waals surface area contributed by atoms with Gasteiger partial charge in [0.15, 0.2) is 0 Å². The van der Waals surface area contributed by atoms with Crippen molar-refractivity contribution >= 4 is 34.2 Å². The van der Waals surface area contributed by atoms with Gasteiger partial charge in [-0.1, -0.05) is 19.9 Å². The molecule has 154 valence electrons. The van der Waals surface area contributed by atoms with Crippen molar-refractivity contribution in [3.8, 4) is 0 Å². The highest BCUT2D eigenvalue weighted by atomic mass is 35.5. The minimum Gasteiger partial charge on any atom is -0.355 e. The second-order valence-corrected chi connectivity index (χ2v) is 7.85. The summed E-state index contributed by atoms with van der Waals surface area (Å²) in [6.07, 6.45) is 0.644. The molecule has 1 unspecified atom stereocenters. The Hall–Kier alpha value is -1.68. The molecule has 8 nitrogen and oxygen atoms in total. The van der Waals surface area contributed by atoms with E-state index in [0.717, 1.165) is 0 Å². The molecular formula is C17H29ClN4O4S. The van der Waals surface area contributed by atoms with Crippen molar-refractivity contribution in [1.82, 2.24) is 14.9 Å². The highest BCUT2D eigenvalue weighted by Gasteiger charge is 2.22. The Morgan fingerprint density at radius 1 is 1.19 bits per heavy atom. The second kappa shape index (κ2) is 11.9. The number of nitrogens with one attached hydrogen (secondary N) is 2. The van der Waals surface area contributed by atoms with Crippen molar-refractivity contribution < 1.29 is 18.0 Å². The molecule has 0 fully saturated rings. The average molecular weight is 421 g/mol. The molecule has 0 aliphatic rings. The molecule has 27 heavy (non-hydrogen) atoms. The minimum absolute atomic E-state index is 0. The Morgan fingerprint density at radius 2 is 1.81 bits per heavy atom. The summed E-state index contributed by atoms with van der Waals surface area (Å²) >= 11 is 0. The highest BCUT2D eigenvalue weighted by molar-refractivity contribution is 7.89. The predicted molar refractivity (Wildman–Crippen MR) is 107 cm³/mol. The lowest BCUT2D eigenvalue weighted by molar-refractivity contribution is -0.120. The van der Waals surface area contributed by atoms with Gasteiger partial charge < -0.3 is 16.4 Å². The number of sulfonamides is 1. The van der Waals surface area contributed by atoms with E-state index < -0.39 is 15.9 Å². The molecule has 0 saturated carbocycles. The Morgan fingerprint density at radius 3 is 2.37 bits per heavy atom. The third kappa shape index (κ3) is 7.84. The standard InChI is InChI=1S/C17H28N4O4S.ClH/c1-4-21(5-2)26(24,25)15-8-6-7-14(11-15)17(23)20-12-16(22)19-10-9-13(3)18;/h6-8,11,13H,4-5,9-10,12,18H2,1-3H3,(H,19,22)(H,20,23);1H. The first kappa shape index (κ1) is 25.3. The van der Waals surface area contributed by atoms with Gasteiger partial charge in [-0.05, 0) is 31.5 Å². The number of nitrogens with zero attached hydrogens (tertiary/aromatic N) is 1. The number of hydrogen-bond donors (Lipinski definition) is 3. The number of carbonyl (C=O) groups is 2. The van der Waals surface area contributed by atoms with Crippen LogP contribution in [0.2, 0.25) is 0 Å². The Labute approximate surface area is 167 Å². The first-order chi connectivity index (χ1) is 12.2. The fraction of sp³-hybridized carbons (Fsp3) is 0.529. The van der Waals surface area contributed by atoms with E-state index in [4.69, 9.17) is 5.73 Å². The quantitative estimate of drug-likeness (QED) is 0.515. The molecule has 0 heterocycles. The Bertz CT molecular complexity index is 721. The van der Waals surface area contributed by atoms with Gasteiger partial charge in [-0.15, -0.1) is 12.4 Å². The number of benzene rings is 1. The number of halogens is 1. The van der Waals surface area contributed by atoms with Crippen LogP contribution in [0.4, 0.5) is 0 Å². The smallest absolute Gasteiger partial charge is 0.251 e. The third-order valence-corrected chi connectivity index (χ3v) is 5.82. The van der Waals surface area contributed by atoms with Crippen LogP contribution in [0.5, 0.6) is 0 Å². The van der Waals surface area contributed by atoms with Gasteiger partial charge in [0.2, 0.25) is 15.9 Å². The van der Waals surface area contributed by atoms with Crippen LogP contribution in [0.1, 0.15) is 37.6 Å². The van der Waals surface area contributed by atoms with Gasteiger partial charge >= 0.3 is 0 Å². The van der Waals surface area contributed by atoms with Crippen molar-refractivity contribution in [2.45, 2.75) is 38.1 Å². The summed E-state index contributed by atoms with van der Waals surface area (Å²) in [5.41, 5.74) is 5.78. The Kier molecular flexibility index (Phi) is 11.2. The zero-order valence-corrected chi connectivity index (χ0v) is 17.5. The fourth-order valence-electron chi connectivity index (χ4n) is 2.27. The van der Waals surface area contributed by atoms with E-state index in [2.05, 4.69) is 10.6 Å². The maximum atomic E-state index is 12.5. The second-order valence-electron chi connectivity index (χ2n) is 5.92. The molecule has 2 amide bonds. The van der Waals surface area contributed by atoms with Crippen LogP contribution in [0.3, 0.4) is 0 Å². The van der Waals surface area contributed by atoms with Crippen LogP contribution in [-0.2, 0) is 14.8 Å². The highest BCUT2D eigenvalue weighted by Crippen LogP contribution is 2.16. The first-order valence-corrected chi connectivity index (χ1v) is 10.1. The molecule has 0 saturated heterocycles. The summed E-state index contributed by atoms with van der Waals surface area (Å²) in [7, 11) is -3.65. The molecule has 0 radical (unpaired) electrons. The van der Waals surface area contributed by atoms with Crippen LogP contribution in [-0.4, -0.2) is 56.8 Å². The van der Waals surface area contributed by atoms with Crippen molar-refractivity contribution in [3.63, 3.8) is 0 Å². The molecule has 0 spiro atoms. The summed E-state index contributed by atoms with van der Waals surface area (Å²) in [6, 6.07) is 5.76. The molecule has 1 aromatic rings. The number of carbonyl (C=O) groups excluding carboxylic acids is 2. The molecular weight excluding hydrogens is 392 g/mol. The van der Waals surface area contributed by atoms with Gasteiger partial charge in [0.05, 0.1) is 11.4 Å². The molecule has 10 heteroatoms. The lowest BCUT2D eigenvalue weighted by Crippen LogP contribution is -2.38. The number of rotatable bonds is 10. The average Bonchev–Trinajstić information content (AvgIpc) is 2.60. The SMILES string of the molecule is CCN(CC)S(=O)(=O)c1cccc(C(=O)NCC(=O)NCCC(C)N)c1.Cl. The van der Waals surface area contributed by atoms with E-state index in [9.17, 15) is 18.0 Å². The summed E-state index contributed by atoms with van der Waals surface area (Å²) in [6.45, 7) is 6.28. The fourth-order valence-corrected chi connectivity index (χ4v) is 3.78. The molecule has 1 aromatic carbocycles. The van der Waals surface area contributed by atoms with Gasteiger partial charge in [0.25, 0.3) is 5.91 Å². The third-order valence-electron chi connectivity index (χ3n) is 3.77. The van der Waals surface area contributed by atoms with Crippen molar-refractivity contribution in [2.24, 2.45) is 5.73 Å². The minimum atomic E-state index is -3.65. The molecule has 1 atom stereocenters. The maximum Gasteiger partial charge on any atom is 0.251 e. The number of hydrogen-bond acceptors (Lipinski definition) is 5. The van der Waals surface area contributed by atoms with Gasteiger partial charge in [-0.2, -0.15) is 4.31 Å². The summed E-state index contributed by atoms with van der Waals surface area (Å²) < 4.78 is 26.4. The molecule has 0 aliphatic heterocycles. The zero-order valence-electron chi connectivity index (χ0n) is 15.9. The molecule has 0 bridgehead atoms. The van der Waals surface area contributed by atoms with Crippen LogP contribution in [0.15, 0.2) is 29.2 Å². The number of nitrogens with two attached hydrogens (primary N) is 1. The largest absolute Gasteiger partial charge is 0.355 e. The molecule has 4 N–H and O–H groups in total. The van der Waals surface area contributed by atoms with Crippen LogP contribution in [0.25, 0.3) is 0 Å². The van der Waals surface area contributed by atoms with E-state index in [1.165, 1.54) is 28.6 Å². The zero-order chi connectivity index (χ0) is 19.7. The van der Waals surface area contributed by atoms with Crippen molar-refractivity contribution in [2.75, 3.05) is 26.2 Å². The van der Waals surface area contributed by atoms with Gasteiger partial charge in [0.1, 0.15) is 0 Å². The van der Waals surface area contributed by atoms with Crippen LogP contribution in [0, 0.1) is 0 Å². The van der Waals surface area contributed by atoms with Crippen molar-refractivity contribution in [3.05, 3.63) is 29.8 Å². The summed E-state index contributed by atoms with van der Waals surface area (Å²) in [5.74, 6) is -0.838. The van der Waals surface area contributed by atoms with E-state index >= 15 is 0 Å². The summed E-state index contributed by atoms with van der Waals surface area (Å²) in [5, 5.41) is 5.13. The van der Waals surface area contributed by atoms with Gasteiger partial charge in [0, 0.05) is 31.2 Å². The number of amides is 2. The lowest BCUT2D eigenvalue weighted by Gasteiger charge is -2.18.